The Kier molecular flexibility index (Phi) is 3.44. The van der Waals surface area contributed by atoms with Crippen molar-refractivity contribution in [2.45, 2.75) is 25.8 Å². The normalized spacial score (nSPS) is 14.3. The molecule has 1 aromatic carbocycles. The number of nitrogen functional groups attached to an aromatic ring is 1. The Hall–Kier alpha value is -2.08. The Morgan fingerprint density at radius 3 is 2.89 bits per heavy atom. The van der Waals surface area contributed by atoms with Crippen molar-refractivity contribution in [2.24, 2.45) is 0 Å². The maximum Gasteiger partial charge on any atom is 0.258 e. The number of aliphatic hydroxyl groups is 1. The molecule has 0 fully saturated rings. The Morgan fingerprint density at radius 2 is 2.26 bits per heavy atom. The van der Waals surface area contributed by atoms with Crippen molar-refractivity contribution in [3.05, 3.63) is 28.8 Å². The average molecular weight is 262 g/mol. The molecular formula is C13H18N4O2. The third-order valence-electron chi connectivity index (χ3n) is 3.38. The monoisotopic (exact) mass is 262 g/mol. The second-order valence-electron chi connectivity index (χ2n) is 4.89. The van der Waals surface area contributed by atoms with Crippen LogP contribution in [0.25, 0.3) is 10.9 Å². The second-order valence-corrected chi connectivity index (χ2v) is 4.89. The van der Waals surface area contributed by atoms with E-state index >= 15 is 0 Å². The third kappa shape index (κ3) is 2.53. The summed E-state index contributed by atoms with van der Waals surface area (Å²) in [6, 6.07) is 3.32. The number of fused-ring (bicyclic) bond motifs is 1. The highest BCUT2D eigenvalue weighted by molar-refractivity contribution is 5.88. The number of hydrogen-bond donors (Lipinski definition) is 4. The van der Waals surface area contributed by atoms with Crippen LogP contribution in [0.2, 0.25) is 0 Å². The van der Waals surface area contributed by atoms with Gasteiger partial charge in [-0.3, -0.25) is 4.79 Å². The molecule has 0 bridgehead atoms. The van der Waals surface area contributed by atoms with Crippen LogP contribution in [0.1, 0.15) is 20.3 Å². The van der Waals surface area contributed by atoms with Crippen LogP contribution in [-0.2, 0) is 0 Å². The Morgan fingerprint density at radius 1 is 1.53 bits per heavy atom. The van der Waals surface area contributed by atoms with Gasteiger partial charge in [0.25, 0.3) is 5.56 Å². The molecule has 0 aliphatic carbocycles. The first-order valence-corrected chi connectivity index (χ1v) is 6.15. The number of anilines is 2. The van der Waals surface area contributed by atoms with E-state index in [-0.39, 0.29) is 12.2 Å². The van der Waals surface area contributed by atoms with Crippen molar-refractivity contribution in [3.8, 4) is 0 Å². The van der Waals surface area contributed by atoms with Gasteiger partial charge in [-0.25, -0.2) is 4.98 Å². The number of hydrogen-bond acceptors (Lipinski definition) is 5. The molecule has 0 aliphatic rings. The molecule has 2 aromatic rings. The molecule has 1 heterocycles. The van der Waals surface area contributed by atoms with Crippen LogP contribution in [0.5, 0.6) is 0 Å². The minimum absolute atomic E-state index is 0.0101. The standard InChI is InChI=1S/C13H18N4O2/c1-3-13(2,6-18)17-11-5-10-8(4-9(11)14)12(19)16-7-15-10/h4-5,7,17-18H,3,6,14H2,1-2H3,(H,15,16,19). The topological polar surface area (TPSA) is 104 Å². The molecule has 0 saturated carbocycles. The molecule has 1 atom stereocenters. The Bertz CT molecular complexity index is 647. The zero-order chi connectivity index (χ0) is 14.0. The lowest BCUT2D eigenvalue weighted by Gasteiger charge is -2.29. The summed E-state index contributed by atoms with van der Waals surface area (Å²) in [5.41, 5.74) is 6.97. The summed E-state index contributed by atoms with van der Waals surface area (Å²) in [5.74, 6) is 0. The molecule has 0 aliphatic heterocycles. The van der Waals surface area contributed by atoms with E-state index in [1.165, 1.54) is 6.33 Å². The van der Waals surface area contributed by atoms with E-state index in [0.717, 1.165) is 6.42 Å². The lowest BCUT2D eigenvalue weighted by Crippen LogP contribution is -2.38. The minimum atomic E-state index is -0.455. The number of rotatable bonds is 4. The van der Waals surface area contributed by atoms with Gasteiger partial charge >= 0.3 is 0 Å². The summed E-state index contributed by atoms with van der Waals surface area (Å²) in [5, 5.41) is 13.1. The van der Waals surface area contributed by atoms with Crippen molar-refractivity contribution in [3.63, 3.8) is 0 Å². The smallest absolute Gasteiger partial charge is 0.258 e. The number of H-pyrrole nitrogens is 1. The van der Waals surface area contributed by atoms with Crippen LogP contribution in [0.3, 0.4) is 0 Å². The van der Waals surface area contributed by atoms with Gasteiger partial charge < -0.3 is 21.1 Å². The molecule has 0 saturated heterocycles. The van der Waals surface area contributed by atoms with Gasteiger partial charge in [0.1, 0.15) is 0 Å². The van der Waals surface area contributed by atoms with Crippen LogP contribution in [0.4, 0.5) is 11.4 Å². The van der Waals surface area contributed by atoms with Crippen molar-refractivity contribution in [1.82, 2.24) is 9.97 Å². The van der Waals surface area contributed by atoms with E-state index in [2.05, 4.69) is 15.3 Å². The number of aromatic nitrogens is 2. The summed E-state index contributed by atoms with van der Waals surface area (Å²) < 4.78 is 0. The van der Waals surface area contributed by atoms with E-state index in [9.17, 15) is 9.90 Å². The molecule has 5 N–H and O–H groups in total. The number of nitrogens with one attached hydrogen (secondary N) is 2. The van der Waals surface area contributed by atoms with Crippen LogP contribution in [0, 0.1) is 0 Å². The molecule has 0 spiro atoms. The maximum atomic E-state index is 11.6. The van der Waals surface area contributed by atoms with Crippen LogP contribution < -0.4 is 16.6 Å². The van der Waals surface area contributed by atoms with Gasteiger partial charge in [-0.15, -0.1) is 0 Å². The predicted octanol–water partition coefficient (Wildman–Crippen LogP) is 1.08. The zero-order valence-corrected chi connectivity index (χ0v) is 11.0. The lowest BCUT2D eigenvalue weighted by atomic mass is 9.99. The molecule has 6 heteroatoms. The van der Waals surface area contributed by atoms with Gasteiger partial charge in [0.15, 0.2) is 0 Å². The number of benzene rings is 1. The van der Waals surface area contributed by atoms with Crippen LogP contribution >= 0.6 is 0 Å². The number of aromatic amines is 1. The minimum Gasteiger partial charge on any atom is -0.397 e. The predicted molar refractivity (Wildman–Crippen MR) is 76.2 cm³/mol. The SMILES string of the molecule is CCC(C)(CO)Nc1cc2nc[nH]c(=O)c2cc1N. The first kappa shape index (κ1) is 13.4. The molecule has 1 aromatic heterocycles. The molecule has 1 unspecified atom stereocenters. The van der Waals surface area contributed by atoms with Gasteiger partial charge in [-0.05, 0) is 25.5 Å². The van der Waals surface area contributed by atoms with E-state index in [1.54, 1.807) is 12.1 Å². The highest BCUT2D eigenvalue weighted by Gasteiger charge is 2.21. The highest BCUT2D eigenvalue weighted by Crippen LogP contribution is 2.27. The number of aliphatic hydroxyl groups excluding tert-OH is 1. The largest absolute Gasteiger partial charge is 0.397 e. The first-order valence-electron chi connectivity index (χ1n) is 6.15. The van der Waals surface area contributed by atoms with E-state index in [4.69, 9.17) is 5.73 Å². The molecule has 6 nitrogen and oxygen atoms in total. The Labute approximate surface area is 110 Å². The molecule has 0 amide bonds. The summed E-state index contributed by atoms with van der Waals surface area (Å²) in [6.45, 7) is 3.87. The van der Waals surface area contributed by atoms with Gasteiger partial charge in [0.05, 0.1) is 40.8 Å². The van der Waals surface area contributed by atoms with E-state index in [1.807, 2.05) is 13.8 Å². The maximum absolute atomic E-state index is 11.6. The van der Waals surface area contributed by atoms with Crippen molar-refractivity contribution < 1.29 is 5.11 Å². The van der Waals surface area contributed by atoms with Gasteiger partial charge in [0.2, 0.25) is 0 Å². The fourth-order valence-electron chi connectivity index (χ4n) is 1.80. The summed E-state index contributed by atoms with van der Waals surface area (Å²) in [6.07, 6.45) is 2.10. The zero-order valence-electron chi connectivity index (χ0n) is 11.0. The van der Waals surface area contributed by atoms with E-state index in [0.29, 0.717) is 22.3 Å². The summed E-state index contributed by atoms with van der Waals surface area (Å²) in [4.78, 5) is 18.2. The third-order valence-corrected chi connectivity index (χ3v) is 3.38. The Balaban J connectivity index is 2.51. The van der Waals surface area contributed by atoms with Gasteiger partial charge in [-0.1, -0.05) is 6.92 Å². The van der Waals surface area contributed by atoms with Gasteiger partial charge in [-0.2, -0.15) is 0 Å². The molecule has 102 valence electrons. The quantitative estimate of drug-likeness (QED) is 0.617. The van der Waals surface area contributed by atoms with Crippen molar-refractivity contribution in [2.75, 3.05) is 17.7 Å². The number of nitrogens with two attached hydrogens (primary N) is 1. The summed E-state index contributed by atoms with van der Waals surface area (Å²) in [7, 11) is 0. The fourth-order valence-corrected chi connectivity index (χ4v) is 1.80. The molecule has 2 rings (SSSR count). The van der Waals surface area contributed by atoms with Crippen molar-refractivity contribution >= 4 is 22.3 Å². The van der Waals surface area contributed by atoms with Crippen LogP contribution in [0.15, 0.2) is 23.3 Å². The summed E-state index contributed by atoms with van der Waals surface area (Å²) >= 11 is 0. The first-order chi connectivity index (χ1) is 8.99. The lowest BCUT2D eigenvalue weighted by molar-refractivity contribution is 0.219. The average Bonchev–Trinajstić information content (AvgIpc) is 2.41. The highest BCUT2D eigenvalue weighted by atomic mass is 16.3. The van der Waals surface area contributed by atoms with Gasteiger partial charge in [0, 0.05) is 0 Å². The molecule has 0 radical (unpaired) electrons. The molecule has 19 heavy (non-hydrogen) atoms. The second kappa shape index (κ2) is 4.89. The van der Waals surface area contributed by atoms with E-state index < -0.39 is 5.54 Å². The van der Waals surface area contributed by atoms with Crippen LogP contribution in [-0.4, -0.2) is 27.2 Å². The van der Waals surface area contributed by atoms with Crippen molar-refractivity contribution in [1.29, 1.82) is 0 Å². The molecular weight excluding hydrogens is 244 g/mol. The number of nitrogens with zero attached hydrogens (tertiary/aromatic N) is 1. The fraction of sp³-hybridized carbons (Fsp3) is 0.385.